The summed E-state index contributed by atoms with van der Waals surface area (Å²) in [6.45, 7) is 3.71. The Labute approximate surface area is 111 Å². The molecule has 5 heteroatoms. The summed E-state index contributed by atoms with van der Waals surface area (Å²) in [5, 5.41) is 12.5. The van der Waals surface area contributed by atoms with Gasteiger partial charge in [-0.2, -0.15) is 0 Å². The molecule has 1 amide bonds. The van der Waals surface area contributed by atoms with Crippen LogP contribution in [-0.2, 0) is 0 Å². The SMILES string of the molecule is Cc1cc(C)c(C(=O)NCC(O)c2cccnc2)o1. The topological polar surface area (TPSA) is 75.4 Å². The number of pyridine rings is 1. The summed E-state index contributed by atoms with van der Waals surface area (Å²) in [4.78, 5) is 15.8. The van der Waals surface area contributed by atoms with Crippen LogP contribution >= 0.6 is 0 Å². The highest BCUT2D eigenvalue weighted by molar-refractivity contribution is 5.92. The summed E-state index contributed by atoms with van der Waals surface area (Å²) < 4.78 is 5.31. The predicted molar refractivity (Wildman–Crippen MR) is 69.7 cm³/mol. The van der Waals surface area contributed by atoms with Gasteiger partial charge < -0.3 is 14.8 Å². The van der Waals surface area contributed by atoms with Crippen molar-refractivity contribution in [1.29, 1.82) is 0 Å². The number of carbonyl (C=O) groups is 1. The fraction of sp³-hybridized carbons (Fsp3) is 0.286. The van der Waals surface area contributed by atoms with Gasteiger partial charge in [0.25, 0.3) is 5.91 Å². The molecular weight excluding hydrogens is 244 g/mol. The number of carbonyl (C=O) groups excluding carboxylic acids is 1. The van der Waals surface area contributed by atoms with Gasteiger partial charge >= 0.3 is 0 Å². The van der Waals surface area contributed by atoms with Gasteiger partial charge in [0.1, 0.15) is 5.76 Å². The molecule has 0 saturated heterocycles. The highest BCUT2D eigenvalue weighted by Crippen LogP contribution is 2.14. The lowest BCUT2D eigenvalue weighted by Gasteiger charge is -2.11. The average molecular weight is 260 g/mol. The number of amides is 1. The lowest BCUT2D eigenvalue weighted by Crippen LogP contribution is -2.28. The van der Waals surface area contributed by atoms with Crippen LogP contribution in [0.3, 0.4) is 0 Å². The largest absolute Gasteiger partial charge is 0.456 e. The van der Waals surface area contributed by atoms with Gasteiger partial charge in [0.2, 0.25) is 0 Å². The van der Waals surface area contributed by atoms with Crippen molar-refractivity contribution in [2.45, 2.75) is 20.0 Å². The number of rotatable bonds is 4. The molecule has 1 unspecified atom stereocenters. The zero-order valence-corrected chi connectivity index (χ0v) is 10.9. The van der Waals surface area contributed by atoms with Gasteiger partial charge in [-0.1, -0.05) is 6.07 Å². The van der Waals surface area contributed by atoms with E-state index in [4.69, 9.17) is 4.42 Å². The first-order valence-corrected chi connectivity index (χ1v) is 6.01. The van der Waals surface area contributed by atoms with Crippen molar-refractivity contribution in [2.75, 3.05) is 6.54 Å². The van der Waals surface area contributed by atoms with Gasteiger partial charge in [-0.25, -0.2) is 0 Å². The van der Waals surface area contributed by atoms with Crippen LogP contribution in [0.5, 0.6) is 0 Å². The number of furan rings is 1. The third kappa shape index (κ3) is 3.20. The lowest BCUT2D eigenvalue weighted by molar-refractivity contribution is 0.0886. The Bertz CT molecular complexity index is 563. The molecule has 1 atom stereocenters. The smallest absolute Gasteiger partial charge is 0.287 e. The zero-order valence-electron chi connectivity index (χ0n) is 10.9. The first-order valence-electron chi connectivity index (χ1n) is 6.01. The van der Waals surface area contributed by atoms with E-state index in [0.29, 0.717) is 11.3 Å². The Hall–Kier alpha value is -2.14. The van der Waals surface area contributed by atoms with Crippen LogP contribution in [0.4, 0.5) is 0 Å². The van der Waals surface area contributed by atoms with Gasteiger partial charge in [-0.05, 0) is 26.0 Å². The summed E-state index contributed by atoms with van der Waals surface area (Å²) in [6, 6.07) is 5.29. The van der Waals surface area contributed by atoms with Crippen molar-refractivity contribution >= 4 is 5.91 Å². The number of hydrogen-bond donors (Lipinski definition) is 2. The molecule has 2 heterocycles. The summed E-state index contributed by atoms with van der Waals surface area (Å²) in [5.41, 5.74) is 1.45. The molecule has 19 heavy (non-hydrogen) atoms. The van der Waals surface area contributed by atoms with Crippen LogP contribution in [0.25, 0.3) is 0 Å². The molecule has 0 fully saturated rings. The number of hydrogen-bond acceptors (Lipinski definition) is 4. The molecule has 2 aromatic heterocycles. The number of nitrogens with one attached hydrogen (secondary N) is 1. The average Bonchev–Trinajstić information content (AvgIpc) is 2.75. The van der Waals surface area contributed by atoms with Gasteiger partial charge in [0.05, 0.1) is 6.10 Å². The summed E-state index contributed by atoms with van der Waals surface area (Å²) in [5.74, 6) is 0.653. The van der Waals surface area contributed by atoms with Crippen LogP contribution in [0.15, 0.2) is 35.0 Å². The monoisotopic (exact) mass is 260 g/mol. The summed E-state index contributed by atoms with van der Waals surface area (Å²) in [7, 11) is 0. The minimum Gasteiger partial charge on any atom is -0.456 e. The first-order chi connectivity index (χ1) is 9.08. The first kappa shape index (κ1) is 13.3. The molecule has 100 valence electrons. The second-order valence-electron chi connectivity index (χ2n) is 4.38. The Morgan fingerprint density at radius 1 is 1.53 bits per heavy atom. The quantitative estimate of drug-likeness (QED) is 0.878. The zero-order chi connectivity index (χ0) is 13.8. The standard InChI is InChI=1S/C14H16N2O3/c1-9-6-10(2)19-13(9)14(18)16-8-12(17)11-4-3-5-15-7-11/h3-7,12,17H,8H2,1-2H3,(H,16,18). The summed E-state index contributed by atoms with van der Waals surface area (Å²) >= 11 is 0. The fourth-order valence-electron chi connectivity index (χ4n) is 1.83. The van der Waals surface area contributed by atoms with E-state index < -0.39 is 6.10 Å². The molecule has 0 aliphatic carbocycles. The molecule has 0 aliphatic heterocycles. The molecular formula is C14H16N2O3. The molecule has 5 nitrogen and oxygen atoms in total. The molecule has 2 N–H and O–H groups in total. The van der Waals surface area contributed by atoms with E-state index >= 15 is 0 Å². The van der Waals surface area contributed by atoms with Crippen molar-refractivity contribution in [3.63, 3.8) is 0 Å². The summed E-state index contributed by atoms with van der Waals surface area (Å²) in [6.07, 6.45) is 2.41. The van der Waals surface area contributed by atoms with Crippen LogP contribution < -0.4 is 5.32 Å². The normalized spacial score (nSPS) is 12.2. The van der Waals surface area contributed by atoms with E-state index in [1.165, 1.54) is 0 Å². The number of aliphatic hydroxyl groups excluding tert-OH is 1. The molecule has 0 radical (unpaired) electrons. The number of nitrogens with zero attached hydrogens (tertiary/aromatic N) is 1. The number of aliphatic hydroxyl groups is 1. The van der Waals surface area contributed by atoms with Crippen molar-refractivity contribution in [2.24, 2.45) is 0 Å². The Kier molecular flexibility index (Phi) is 3.97. The van der Waals surface area contributed by atoms with Crippen molar-refractivity contribution in [3.05, 3.63) is 53.2 Å². The van der Waals surface area contributed by atoms with Crippen molar-refractivity contribution in [1.82, 2.24) is 10.3 Å². The molecule has 0 bridgehead atoms. The van der Waals surface area contributed by atoms with Crippen LogP contribution in [0.2, 0.25) is 0 Å². The maximum Gasteiger partial charge on any atom is 0.287 e. The second-order valence-corrected chi connectivity index (χ2v) is 4.38. The van der Waals surface area contributed by atoms with Crippen LogP contribution in [0.1, 0.15) is 33.5 Å². The third-order valence-electron chi connectivity index (χ3n) is 2.77. The minimum atomic E-state index is -0.783. The Morgan fingerprint density at radius 3 is 2.89 bits per heavy atom. The molecule has 2 rings (SSSR count). The predicted octanol–water partition coefficient (Wildman–Crippen LogP) is 1.75. The van der Waals surface area contributed by atoms with Crippen LogP contribution in [-0.4, -0.2) is 22.5 Å². The number of aromatic nitrogens is 1. The van der Waals surface area contributed by atoms with Gasteiger partial charge in [-0.3, -0.25) is 9.78 Å². The Balaban J connectivity index is 1.96. The van der Waals surface area contributed by atoms with E-state index in [0.717, 1.165) is 5.56 Å². The third-order valence-corrected chi connectivity index (χ3v) is 2.77. The maximum atomic E-state index is 11.9. The highest BCUT2D eigenvalue weighted by Gasteiger charge is 2.16. The molecule has 0 aliphatic rings. The van der Waals surface area contributed by atoms with Gasteiger partial charge in [0, 0.05) is 30.1 Å². The van der Waals surface area contributed by atoms with E-state index in [9.17, 15) is 9.90 Å². The molecule has 0 aromatic carbocycles. The van der Waals surface area contributed by atoms with Gasteiger partial charge in [0.15, 0.2) is 5.76 Å². The van der Waals surface area contributed by atoms with Crippen molar-refractivity contribution in [3.8, 4) is 0 Å². The highest BCUT2D eigenvalue weighted by atomic mass is 16.3. The van der Waals surface area contributed by atoms with Crippen LogP contribution in [0, 0.1) is 13.8 Å². The molecule has 0 spiro atoms. The molecule has 2 aromatic rings. The van der Waals surface area contributed by atoms with Crippen molar-refractivity contribution < 1.29 is 14.3 Å². The molecule has 0 saturated carbocycles. The van der Waals surface area contributed by atoms with E-state index in [2.05, 4.69) is 10.3 Å². The van der Waals surface area contributed by atoms with E-state index in [-0.39, 0.29) is 18.2 Å². The second kappa shape index (κ2) is 5.67. The number of aryl methyl sites for hydroxylation is 2. The van der Waals surface area contributed by atoms with E-state index in [1.54, 1.807) is 37.5 Å². The van der Waals surface area contributed by atoms with Gasteiger partial charge in [-0.15, -0.1) is 0 Å². The fourth-order valence-corrected chi connectivity index (χ4v) is 1.83. The van der Waals surface area contributed by atoms with E-state index in [1.807, 2.05) is 6.92 Å². The Morgan fingerprint density at radius 2 is 2.32 bits per heavy atom. The maximum absolute atomic E-state index is 11.9. The minimum absolute atomic E-state index is 0.115. The lowest BCUT2D eigenvalue weighted by atomic mass is 10.1.